The first-order valence-electron chi connectivity index (χ1n) is 8.34. The van der Waals surface area contributed by atoms with Crippen molar-refractivity contribution in [2.45, 2.75) is 26.2 Å². The highest BCUT2D eigenvalue weighted by Gasteiger charge is 2.39. The van der Waals surface area contributed by atoms with Crippen molar-refractivity contribution in [3.63, 3.8) is 0 Å². The summed E-state index contributed by atoms with van der Waals surface area (Å²) in [5, 5.41) is 0. The maximum absolute atomic E-state index is 11.7. The van der Waals surface area contributed by atoms with E-state index in [9.17, 15) is 4.79 Å². The Morgan fingerprint density at radius 1 is 1.05 bits per heavy atom. The van der Waals surface area contributed by atoms with Crippen molar-refractivity contribution >= 4 is 5.91 Å². The van der Waals surface area contributed by atoms with Crippen LogP contribution in [0, 0.1) is 17.8 Å². The van der Waals surface area contributed by atoms with Gasteiger partial charge in [-0.15, -0.1) is 0 Å². The van der Waals surface area contributed by atoms with E-state index in [2.05, 4.69) is 21.7 Å². The van der Waals surface area contributed by atoms with E-state index in [-0.39, 0.29) is 0 Å². The second-order valence-corrected chi connectivity index (χ2v) is 7.14. The van der Waals surface area contributed by atoms with E-state index in [4.69, 9.17) is 0 Å². The summed E-state index contributed by atoms with van der Waals surface area (Å²) in [7, 11) is 2.25. The molecule has 3 aliphatic rings. The van der Waals surface area contributed by atoms with E-state index in [1.165, 1.54) is 45.6 Å². The van der Waals surface area contributed by atoms with Crippen molar-refractivity contribution in [1.82, 2.24) is 14.7 Å². The molecule has 0 bridgehead atoms. The number of piperidine rings is 1. The minimum atomic E-state index is 0.335. The predicted molar refractivity (Wildman–Crippen MR) is 80.5 cm³/mol. The number of carbonyl (C=O) groups excluding carboxylic acids is 1. The zero-order valence-electron chi connectivity index (χ0n) is 13.1. The van der Waals surface area contributed by atoms with Crippen LogP contribution in [-0.4, -0.2) is 73.5 Å². The predicted octanol–water partition coefficient (Wildman–Crippen LogP) is 1.13. The molecule has 3 heterocycles. The number of nitrogens with zero attached hydrogens (tertiary/aromatic N) is 3. The Bertz CT molecular complexity index is 338. The van der Waals surface area contributed by atoms with E-state index in [0.29, 0.717) is 12.3 Å². The molecule has 114 valence electrons. The zero-order valence-corrected chi connectivity index (χ0v) is 13.1. The van der Waals surface area contributed by atoms with Gasteiger partial charge in [-0.1, -0.05) is 6.92 Å². The van der Waals surface area contributed by atoms with Crippen LogP contribution in [0.3, 0.4) is 0 Å². The van der Waals surface area contributed by atoms with E-state index >= 15 is 0 Å². The molecule has 0 aliphatic carbocycles. The fraction of sp³-hybridized carbons (Fsp3) is 0.938. The first kappa shape index (κ1) is 14.3. The summed E-state index contributed by atoms with van der Waals surface area (Å²) in [4.78, 5) is 18.9. The zero-order chi connectivity index (χ0) is 14.1. The van der Waals surface area contributed by atoms with Crippen LogP contribution in [0.15, 0.2) is 0 Å². The Morgan fingerprint density at radius 3 is 2.20 bits per heavy atom. The maximum atomic E-state index is 11.7. The molecule has 0 aromatic rings. The molecule has 0 unspecified atom stereocenters. The van der Waals surface area contributed by atoms with Crippen molar-refractivity contribution in [3.8, 4) is 0 Å². The van der Waals surface area contributed by atoms with Crippen LogP contribution in [0.4, 0.5) is 0 Å². The van der Waals surface area contributed by atoms with Gasteiger partial charge in [-0.25, -0.2) is 0 Å². The van der Waals surface area contributed by atoms with Gasteiger partial charge in [0.2, 0.25) is 5.91 Å². The van der Waals surface area contributed by atoms with Crippen LogP contribution in [0.2, 0.25) is 0 Å². The summed E-state index contributed by atoms with van der Waals surface area (Å²) >= 11 is 0. The third-order valence-corrected chi connectivity index (χ3v) is 5.53. The number of likely N-dealkylation sites (tertiary alicyclic amines) is 3. The number of fused-ring (bicyclic) bond motifs is 1. The summed E-state index contributed by atoms with van der Waals surface area (Å²) in [6.45, 7) is 10.4. The molecule has 2 atom stereocenters. The first-order chi connectivity index (χ1) is 9.65. The van der Waals surface area contributed by atoms with Crippen LogP contribution in [0.1, 0.15) is 26.2 Å². The third kappa shape index (κ3) is 3.01. The summed E-state index contributed by atoms with van der Waals surface area (Å²) in [5.74, 6) is 2.98. The fourth-order valence-electron chi connectivity index (χ4n) is 4.43. The summed E-state index contributed by atoms with van der Waals surface area (Å²) in [5.41, 5.74) is 0. The molecule has 3 saturated heterocycles. The second-order valence-electron chi connectivity index (χ2n) is 7.14. The molecule has 0 N–H and O–H groups in total. The maximum Gasteiger partial charge on any atom is 0.222 e. The van der Waals surface area contributed by atoms with Crippen LogP contribution in [0.25, 0.3) is 0 Å². The Labute approximate surface area is 123 Å². The lowest BCUT2D eigenvalue weighted by Gasteiger charge is -2.34. The van der Waals surface area contributed by atoms with Gasteiger partial charge in [-0.3, -0.25) is 4.79 Å². The van der Waals surface area contributed by atoms with Crippen molar-refractivity contribution in [3.05, 3.63) is 0 Å². The molecule has 20 heavy (non-hydrogen) atoms. The quantitative estimate of drug-likeness (QED) is 0.775. The molecule has 0 saturated carbocycles. The van der Waals surface area contributed by atoms with Gasteiger partial charge in [0.1, 0.15) is 0 Å². The van der Waals surface area contributed by atoms with Gasteiger partial charge in [0.15, 0.2) is 0 Å². The number of hydrogen-bond acceptors (Lipinski definition) is 3. The molecule has 0 aromatic carbocycles. The molecule has 3 aliphatic heterocycles. The van der Waals surface area contributed by atoms with Crippen LogP contribution < -0.4 is 0 Å². The molecule has 0 radical (unpaired) electrons. The standard InChI is InChI=1S/C16H29N3O/c1-3-16(20)19-6-4-13(5-7-19)8-18-11-14-9-17(2)10-15(14)12-18/h13-15H,3-12H2,1-2H3/t14-,15+. The molecule has 1 amide bonds. The van der Waals surface area contributed by atoms with Crippen LogP contribution >= 0.6 is 0 Å². The van der Waals surface area contributed by atoms with E-state index in [0.717, 1.165) is 30.8 Å². The molecular weight excluding hydrogens is 250 g/mol. The Morgan fingerprint density at radius 2 is 1.65 bits per heavy atom. The second kappa shape index (κ2) is 6.02. The van der Waals surface area contributed by atoms with E-state index < -0.39 is 0 Å². The van der Waals surface area contributed by atoms with Crippen molar-refractivity contribution in [2.75, 3.05) is 52.9 Å². The van der Waals surface area contributed by atoms with Crippen LogP contribution in [-0.2, 0) is 4.79 Å². The number of hydrogen-bond donors (Lipinski definition) is 0. The van der Waals surface area contributed by atoms with Gasteiger partial charge >= 0.3 is 0 Å². The van der Waals surface area contributed by atoms with Crippen molar-refractivity contribution < 1.29 is 4.79 Å². The topological polar surface area (TPSA) is 26.8 Å². The molecule has 3 fully saturated rings. The summed E-state index contributed by atoms with van der Waals surface area (Å²) < 4.78 is 0. The lowest BCUT2D eigenvalue weighted by atomic mass is 9.96. The van der Waals surface area contributed by atoms with Gasteiger partial charge < -0.3 is 14.7 Å². The Balaban J connectivity index is 1.41. The average molecular weight is 279 g/mol. The number of carbonyl (C=O) groups is 1. The Hall–Kier alpha value is -0.610. The summed E-state index contributed by atoms with van der Waals surface area (Å²) in [6.07, 6.45) is 3.07. The highest BCUT2D eigenvalue weighted by molar-refractivity contribution is 5.75. The largest absolute Gasteiger partial charge is 0.343 e. The molecule has 4 nitrogen and oxygen atoms in total. The van der Waals surface area contributed by atoms with Gasteiger partial charge in [0.25, 0.3) is 0 Å². The smallest absolute Gasteiger partial charge is 0.222 e. The van der Waals surface area contributed by atoms with Gasteiger partial charge in [-0.05, 0) is 37.6 Å². The highest BCUT2D eigenvalue weighted by atomic mass is 16.2. The van der Waals surface area contributed by atoms with Gasteiger partial charge in [0.05, 0.1) is 0 Å². The SMILES string of the molecule is CCC(=O)N1CCC(CN2C[C@H]3CN(C)C[C@H]3C2)CC1. The average Bonchev–Trinajstić information content (AvgIpc) is 2.95. The monoisotopic (exact) mass is 279 g/mol. The molecule has 0 aromatic heterocycles. The molecular formula is C16H29N3O. The lowest BCUT2D eigenvalue weighted by Crippen LogP contribution is -2.41. The van der Waals surface area contributed by atoms with Gasteiger partial charge in [-0.2, -0.15) is 0 Å². The minimum Gasteiger partial charge on any atom is -0.343 e. The third-order valence-electron chi connectivity index (χ3n) is 5.53. The van der Waals surface area contributed by atoms with E-state index in [1.54, 1.807) is 0 Å². The Kier molecular flexibility index (Phi) is 4.32. The van der Waals surface area contributed by atoms with Crippen molar-refractivity contribution in [1.29, 1.82) is 0 Å². The van der Waals surface area contributed by atoms with E-state index in [1.807, 2.05) is 6.92 Å². The summed E-state index contributed by atoms with van der Waals surface area (Å²) in [6, 6.07) is 0. The van der Waals surface area contributed by atoms with Crippen molar-refractivity contribution in [2.24, 2.45) is 17.8 Å². The molecule has 0 spiro atoms. The molecule has 3 rings (SSSR count). The first-order valence-corrected chi connectivity index (χ1v) is 8.34. The normalized spacial score (nSPS) is 32.8. The lowest BCUT2D eigenvalue weighted by molar-refractivity contribution is -0.132. The number of rotatable bonds is 3. The fourth-order valence-corrected chi connectivity index (χ4v) is 4.43. The molecule has 4 heteroatoms. The van der Waals surface area contributed by atoms with Crippen LogP contribution in [0.5, 0.6) is 0 Å². The van der Waals surface area contributed by atoms with Gasteiger partial charge in [0, 0.05) is 52.2 Å². The number of amides is 1. The highest BCUT2D eigenvalue weighted by Crippen LogP contribution is 2.31. The minimum absolute atomic E-state index is 0.335.